The van der Waals surface area contributed by atoms with Gasteiger partial charge in [0.15, 0.2) is 0 Å². The van der Waals surface area contributed by atoms with Gasteiger partial charge in [-0.2, -0.15) is 0 Å². The molecule has 0 bridgehead atoms. The summed E-state index contributed by atoms with van der Waals surface area (Å²) in [5.74, 6) is 0.160. The molecule has 3 heteroatoms. The van der Waals surface area contributed by atoms with E-state index in [0.29, 0.717) is 6.54 Å². The lowest BCUT2D eigenvalue weighted by atomic mass is 9.86. The zero-order valence-corrected chi connectivity index (χ0v) is 12.1. The standard InChI is InChI=1S/C13H18N2O.C2H6/c1-13(2)10-5-4-9(6-7-14)8-11(10)15(3)12(13)16;1-2/h4-5,8H,6-7,14H2,1-3H3;1-2H3. The number of carbonyl (C=O) groups is 1. The Hall–Kier alpha value is -1.35. The van der Waals surface area contributed by atoms with E-state index in [-0.39, 0.29) is 5.91 Å². The van der Waals surface area contributed by atoms with E-state index in [0.717, 1.165) is 17.7 Å². The van der Waals surface area contributed by atoms with Gasteiger partial charge < -0.3 is 10.6 Å². The fourth-order valence-corrected chi connectivity index (χ4v) is 2.35. The summed E-state index contributed by atoms with van der Waals surface area (Å²) < 4.78 is 0. The Balaban J connectivity index is 0.000000771. The van der Waals surface area contributed by atoms with Crippen LogP contribution in [0.3, 0.4) is 0 Å². The zero-order valence-electron chi connectivity index (χ0n) is 12.1. The normalized spacial score (nSPS) is 16.1. The highest BCUT2D eigenvalue weighted by molar-refractivity contribution is 6.07. The van der Waals surface area contributed by atoms with Gasteiger partial charge in [0.2, 0.25) is 5.91 Å². The van der Waals surface area contributed by atoms with Gasteiger partial charge in [0, 0.05) is 12.7 Å². The monoisotopic (exact) mass is 248 g/mol. The molecule has 1 aliphatic rings. The van der Waals surface area contributed by atoms with Crippen molar-refractivity contribution in [3.63, 3.8) is 0 Å². The number of rotatable bonds is 2. The van der Waals surface area contributed by atoms with Crippen LogP contribution in [0.25, 0.3) is 0 Å². The first-order valence-electron chi connectivity index (χ1n) is 6.60. The number of carbonyl (C=O) groups excluding carboxylic acids is 1. The van der Waals surface area contributed by atoms with Crippen molar-refractivity contribution in [3.8, 4) is 0 Å². The summed E-state index contributed by atoms with van der Waals surface area (Å²) in [4.78, 5) is 13.8. The molecule has 0 fully saturated rings. The highest BCUT2D eigenvalue weighted by Gasteiger charge is 2.41. The van der Waals surface area contributed by atoms with Crippen molar-refractivity contribution in [2.75, 3.05) is 18.5 Å². The third-order valence-corrected chi connectivity index (χ3v) is 3.37. The third kappa shape index (κ3) is 2.27. The molecular weight excluding hydrogens is 224 g/mol. The first-order chi connectivity index (χ1) is 8.48. The van der Waals surface area contributed by atoms with Crippen LogP contribution in [0, 0.1) is 0 Å². The van der Waals surface area contributed by atoms with Crippen molar-refractivity contribution >= 4 is 11.6 Å². The minimum atomic E-state index is -0.397. The molecule has 0 aliphatic carbocycles. The fraction of sp³-hybridized carbons (Fsp3) is 0.533. The average molecular weight is 248 g/mol. The summed E-state index contributed by atoms with van der Waals surface area (Å²) in [6.45, 7) is 8.58. The van der Waals surface area contributed by atoms with Crippen LogP contribution in [-0.4, -0.2) is 19.5 Å². The van der Waals surface area contributed by atoms with E-state index < -0.39 is 5.41 Å². The van der Waals surface area contributed by atoms with E-state index >= 15 is 0 Å². The quantitative estimate of drug-likeness (QED) is 0.874. The second kappa shape index (κ2) is 5.53. The fourth-order valence-electron chi connectivity index (χ4n) is 2.35. The van der Waals surface area contributed by atoms with E-state index in [4.69, 9.17) is 5.73 Å². The molecule has 0 saturated carbocycles. The van der Waals surface area contributed by atoms with Gasteiger partial charge in [0.1, 0.15) is 0 Å². The molecule has 1 heterocycles. The van der Waals surface area contributed by atoms with Gasteiger partial charge in [0.25, 0.3) is 0 Å². The number of anilines is 1. The minimum Gasteiger partial charge on any atom is -0.330 e. The molecule has 1 aromatic carbocycles. The maximum atomic E-state index is 12.1. The van der Waals surface area contributed by atoms with Gasteiger partial charge in [-0.15, -0.1) is 0 Å². The molecule has 0 aromatic heterocycles. The van der Waals surface area contributed by atoms with Gasteiger partial charge in [-0.25, -0.2) is 0 Å². The van der Waals surface area contributed by atoms with Crippen LogP contribution in [0.4, 0.5) is 5.69 Å². The van der Waals surface area contributed by atoms with Gasteiger partial charge in [-0.1, -0.05) is 26.0 Å². The van der Waals surface area contributed by atoms with Crippen LogP contribution in [0.1, 0.15) is 38.8 Å². The van der Waals surface area contributed by atoms with Crippen molar-refractivity contribution in [1.82, 2.24) is 0 Å². The molecule has 0 saturated heterocycles. The topological polar surface area (TPSA) is 46.3 Å². The Morgan fingerprint density at radius 1 is 1.28 bits per heavy atom. The van der Waals surface area contributed by atoms with Crippen LogP contribution >= 0.6 is 0 Å². The third-order valence-electron chi connectivity index (χ3n) is 3.37. The lowest BCUT2D eigenvalue weighted by molar-refractivity contribution is -0.121. The Labute approximate surface area is 110 Å². The number of hydrogen-bond acceptors (Lipinski definition) is 2. The highest BCUT2D eigenvalue weighted by Crippen LogP contribution is 2.40. The van der Waals surface area contributed by atoms with Gasteiger partial charge in [0.05, 0.1) is 5.41 Å². The molecule has 2 N–H and O–H groups in total. The number of nitrogens with zero attached hydrogens (tertiary/aromatic N) is 1. The lowest BCUT2D eigenvalue weighted by Crippen LogP contribution is -2.33. The number of nitrogens with two attached hydrogens (primary N) is 1. The SMILES string of the molecule is CC.CN1C(=O)C(C)(C)c2ccc(CCN)cc21. The Bertz CT molecular complexity index is 438. The minimum absolute atomic E-state index is 0.160. The van der Waals surface area contributed by atoms with Gasteiger partial charge in [-0.05, 0) is 44.0 Å². The Kier molecular flexibility index (Phi) is 4.52. The zero-order chi connectivity index (χ0) is 13.9. The second-order valence-electron chi connectivity index (χ2n) is 4.88. The van der Waals surface area contributed by atoms with Crippen LogP contribution < -0.4 is 10.6 Å². The first-order valence-corrected chi connectivity index (χ1v) is 6.60. The second-order valence-corrected chi connectivity index (χ2v) is 4.88. The van der Waals surface area contributed by atoms with Crippen molar-refractivity contribution in [2.45, 2.75) is 39.5 Å². The summed E-state index contributed by atoms with van der Waals surface area (Å²) in [5, 5.41) is 0. The number of hydrogen-bond donors (Lipinski definition) is 1. The molecule has 1 amide bonds. The van der Waals surface area contributed by atoms with E-state index in [1.54, 1.807) is 4.90 Å². The molecule has 0 unspecified atom stereocenters. The molecule has 0 spiro atoms. The Morgan fingerprint density at radius 2 is 1.89 bits per heavy atom. The number of likely N-dealkylation sites (N-methyl/N-ethyl adjacent to an activating group) is 1. The molecular formula is C15H24N2O. The van der Waals surface area contributed by atoms with Crippen LogP contribution in [0.2, 0.25) is 0 Å². The molecule has 0 atom stereocenters. The maximum Gasteiger partial charge on any atom is 0.236 e. The van der Waals surface area contributed by atoms with Crippen molar-refractivity contribution in [2.24, 2.45) is 5.73 Å². The highest BCUT2D eigenvalue weighted by atomic mass is 16.2. The molecule has 2 rings (SSSR count). The van der Waals surface area contributed by atoms with Gasteiger partial charge in [-0.3, -0.25) is 4.79 Å². The smallest absolute Gasteiger partial charge is 0.236 e. The van der Waals surface area contributed by atoms with Crippen molar-refractivity contribution in [1.29, 1.82) is 0 Å². The molecule has 18 heavy (non-hydrogen) atoms. The summed E-state index contributed by atoms with van der Waals surface area (Å²) in [6, 6.07) is 6.20. The summed E-state index contributed by atoms with van der Waals surface area (Å²) in [7, 11) is 1.84. The Morgan fingerprint density at radius 3 is 2.44 bits per heavy atom. The number of fused-ring (bicyclic) bond motifs is 1. The molecule has 0 radical (unpaired) electrons. The van der Waals surface area contributed by atoms with Crippen LogP contribution in [0.15, 0.2) is 18.2 Å². The summed E-state index contributed by atoms with van der Waals surface area (Å²) in [5.41, 5.74) is 8.48. The maximum absolute atomic E-state index is 12.1. The van der Waals surface area contributed by atoms with Crippen molar-refractivity contribution < 1.29 is 4.79 Å². The van der Waals surface area contributed by atoms with E-state index in [1.165, 1.54) is 5.56 Å². The van der Waals surface area contributed by atoms with Crippen molar-refractivity contribution in [3.05, 3.63) is 29.3 Å². The summed E-state index contributed by atoms with van der Waals surface area (Å²) in [6.07, 6.45) is 0.857. The number of amides is 1. The van der Waals surface area contributed by atoms with Crippen LogP contribution in [0.5, 0.6) is 0 Å². The van der Waals surface area contributed by atoms with Crippen LogP contribution in [-0.2, 0) is 16.6 Å². The van der Waals surface area contributed by atoms with E-state index in [2.05, 4.69) is 18.2 Å². The predicted molar refractivity (Wildman–Crippen MR) is 77.0 cm³/mol. The summed E-state index contributed by atoms with van der Waals surface area (Å²) >= 11 is 0. The van der Waals surface area contributed by atoms with E-state index in [1.807, 2.05) is 34.7 Å². The molecule has 3 nitrogen and oxygen atoms in total. The first kappa shape index (κ1) is 14.7. The molecule has 1 aromatic rings. The lowest BCUT2D eigenvalue weighted by Gasteiger charge is -2.16. The average Bonchev–Trinajstić information content (AvgIpc) is 2.54. The van der Waals surface area contributed by atoms with E-state index in [9.17, 15) is 4.79 Å². The largest absolute Gasteiger partial charge is 0.330 e. The molecule has 1 aliphatic heterocycles. The number of benzene rings is 1. The molecule has 100 valence electrons. The predicted octanol–water partition coefficient (Wildman–Crippen LogP) is 2.47. The van der Waals surface area contributed by atoms with Gasteiger partial charge >= 0.3 is 0 Å².